The first-order valence-electron chi connectivity index (χ1n) is 7.92. The molecule has 1 fully saturated rings. The lowest BCUT2D eigenvalue weighted by molar-refractivity contribution is -0.384. The van der Waals surface area contributed by atoms with Crippen LogP contribution in [0.15, 0.2) is 47.5 Å². The first kappa shape index (κ1) is 17.8. The van der Waals surface area contributed by atoms with Crippen LogP contribution in [0.3, 0.4) is 0 Å². The number of nitro groups is 1. The van der Waals surface area contributed by atoms with Crippen LogP contribution in [0.2, 0.25) is 0 Å². The van der Waals surface area contributed by atoms with Crippen LogP contribution in [0, 0.1) is 10.1 Å². The molecule has 3 rings (SSSR count). The summed E-state index contributed by atoms with van der Waals surface area (Å²) in [5.41, 5.74) is 1.01. The van der Waals surface area contributed by atoms with Crippen LogP contribution in [0.25, 0.3) is 6.08 Å². The smallest absolute Gasteiger partial charge is 0.287 e. The standard InChI is InChI=1S/C18H17N3O4S/c1-19-14(10-12-6-4-3-5-7-12)17(22)20(2)15(18(19)23)11-16-13(21(24)25)8-9-26-16/h3-9,11,14H,10H2,1-2H3/b15-11+. The molecule has 1 unspecified atom stereocenters. The van der Waals surface area contributed by atoms with Crippen molar-refractivity contribution in [2.45, 2.75) is 12.5 Å². The number of hydrogen-bond donors (Lipinski definition) is 0. The van der Waals surface area contributed by atoms with E-state index in [1.54, 1.807) is 12.4 Å². The molecule has 0 bridgehead atoms. The van der Waals surface area contributed by atoms with Gasteiger partial charge in [0.15, 0.2) is 0 Å². The largest absolute Gasteiger partial charge is 0.328 e. The number of hydrogen-bond acceptors (Lipinski definition) is 5. The number of carbonyl (C=O) groups is 2. The molecule has 2 amide bonds. The van der Waals surface area contributed by atoms with E-state index in [9.17, 15) is 19.7 Å². The number of thiophene rings is 1. The molecule has 2 heterocycles. The van der Waals surface area contributed by atoms with Crippen LogP contribution in [0.5, 0.6) is 0 Å². The SMILES string of the molecule is CN1C(=O)C(Cc2ccccc2)N(C)C(=O)/C1=C\c1sccc1[N+](=O)[O-]. The Kier molecular flexibility index (Phi) is 4.85. The average molecular weight is 371 g/mol. The zero-order valence-corrected chi connectivity index (χ0v) is 15.1. The first-order valence-corrected chi connectivity index (χ1v) is 8.80. The molecule has 1 aromatic carbocycles. The molecule has 0 aliphatic carbocycles. The molecule has 1 saturated heterocycles. The Hall–Kier alpha value is -3.00. The van der Waals surface area contributed by atoms with E-state index in [1.807, 2.05) is 30.3 Å². The van der Waals surface area contributed by atoms with E-state index in [0.717, 1.165) is 16.9 Å². The number of piperazine rings is 1. The summed E-state index contributed by atoms with van der Waals surface area (Å²) in [6.45, 7) is 0. The van der Waals surface area contributed by atoms with Gasteiger partial charge in [-0.1, -0.05) is 30.3 Å². The van der Waals surface area contributed by atoms with Crippen molar-refractivity contribution < 1.29 is 14.5 Å². The van der Waals surface area contributed by atoms with E-state index in [0.29, 0.717) is 11.3 Å². The van der Waals surface area contributed by atoms with E-state index in [1.165, 1.54) is 29.0 Å². The minimum atomic E-state index is -0.606. The molecule has 2 aromatic rings. The fraction of sp³-hybridized carbons (Fsp3) is 0.222. The highest BCUT2D eigenvalue weighted by molar-refractivity contribution is 7.11. The van der Waals surface area contributed by atoms with Gasteiger partial charge in [-0.15, -0.1) is 11.3 Å². The van der Waals surface area contributed by atoms with E-state index < -0.39 is 11.0 Å². The fourth-order valence-electron chi connectivity index (χ4n) is 2.89. The zero-order valence-electron chi connectivity index (χ0n) is 14.3. The highest BCUT2D eigenvalue weighted by Crippen LogP contribution is 2.30. The topological polar surface area (TPSA) is 83.8 Å². The van der Waals surface area contributed by atoms with Gasteiger partial charge in [0.05, 0.1) is 4.92 Å². The maximum Gasteiger partial charge on any atom is 0.287 e. The molecule has 1 aromatic heterocycles. The lowest BCUT2D eigenvalue weighted by Gasteiger charge is -2.38. The van der Waals surface area contributed by atoms with Crippen molar-refractivity contribution in [1.29, 1.82) is 0 Å². The Morgan fingerprint density at radius 2 is 1.88 bits per heavy atom. The summed E-state index contributed by atoms with van der Waals surface area (Å²) < 4.78 is 0. The molecule has 0 saturated carbocycles. The van der Waals surface area contributed by atoms with Gasteiger partial charge in [-0.25, -0.2) is 0 Å². The van der Waals surface area contributed by atoms with Crippen LogP contribution in [-0.4, -0.2) is 46.7 Å². The Labute approximate surface area is 154 Å². The van der Waals surface area contributed by atoms with Crippen LogP contribution in [0.1, 0.15) is 10.4 Å². The van der Waals surface area contributed by atoms with Gasteiger partial charge < -0.3 is 9.80 Å². The number of benzene rings is 1. The highest BCUT2D eigenvalue weighted by atomic mass is 32.1. The van der Waals surface area contributed by atoms with Gasteiger partial charge >= 0.3 is 0 Å². The lowest BCUT2D eigenvalue weighted by atomic mass is 10.0. The molecule has 0 spiro atoms. The highest BCUT2D eigenvalue weighted by Gasteiger charge is 2.39. The molecular weight excluding hydrogens is 354 g/mol. The second-order valence-corrected chi connectivity index (χ2v) is 6.92. The van der Waals surface area contributed by atoms with E-state index in [2.05, 4.69) is 0 Å². The lowest BCUT2D eigenvalue weighted by Crippen LogP contribution is -2.56. The summed E-state index contributed by atoms with van der Waals surface area (Å²) in [7, 11) is 3.11. The minimum Gasteiger partial charge on any atom is -0.328 e. The molecule has 8 heteroatoms. The van der Waals surface area contributed by atoms with Crippen molar-refractivity contribution in [3.8, 4) is 0 Å². The van der Waals surface area contributed by atoms with Crippen LogP contribution < -0.4 is 0 Å². The number of carbonyl (C=O) groups excluding carboxylic acids is 2. The number of amides is 2. The second kappa shape index (κ2) is 7.09. The third kappa shape index (κ3) is 3.23. The van der Waals surface area contributed by atoms with Crippen LogP contribution >= 0.6 is 11.3 Å². The van der Waals surface area contributed by atoms with Crippen molar-refractivity contribution >= 4 is 34.9 Å². The third-order valence-electron chi connectivity index (χ3n) is 4.39. The van der Waals surface area contributed by atoms with E-state index in [4.69, 9.17) is 0 Å². The minimum absolute atomic E-state index is 0.0785. The van der Waals surface area contributed by atoms with Crippen molar-refractivity contribution in [2.24, 2.45) is 0 Å². The summed E-state index contributed by atoms with van der Waals surface area (Å²) in [6, 6.07) is 10.3. The monoisotopic (exact) mass is 371 g/mol. The van der Waals surface area contributed by atoms with E-state index >= 15 is 0 Å². The average Bonchev–Trinajstić information content (AvgIpc) is 3.10. The van der Waals surface area contributed by atoms with Crippen molar-refractivity contribution in [1.82, 2.24) is 9.80 Å². The molecule has 0 N–H and O–H groups in total. The Balaban J connectivity index is 1.91. The molecular formula is C18H17N3O4S. The van der Waals surface area contributed by atoms with E-state index in [-0.39, 0.29) is 23.2 Å². The van der Waals surface area contributed by atoms with Gasteiger partial charge in [0.2, 0.25) is 5.91 Å². The van der Waals surface area contributed by atoms with Crippen molar-refractivity contribution in [2.75, 3.05) is 14.1 Å². The molecule has 134 valence electrons. The van der Waals surface area contributed by atoms with Crippen LogP contribution in [-0.2, 0) is 16.0 Å². The molecule has 1 aliphatic rings. The number of rotatable bonds is 4. The van der Waals surface area contributed by atoms with Gasteiger partial charge in [-0.05, 0) is 17.0 Å². The summed E-state index contributed by atoms with van der Waals surface area (Å²) in [5, 5.41) is 12.7. The molecule has 26 heavy (non-hydrogen) atoms. The molecule has 7 nitrogen and oxygen atoms in total. The summed E-state index contributed by atoms with van der Waals surface area (Å²) in [5.74, 6) is -0.558. The van der Waals surface area contributed by atoms with Gasteiger partial charge in [-0.3, -0.25) is 19.7 Å². The first-order chi connectivity index (χ1) is 12.4. The second-order valence-electron chi connectivity index (χ2n) is 5.98. The molecule has 1 aliphatic heterocycles. The quantitative estimate of drug-likeness (QED) is 0.470. The Morgan fingerprint density at radius 3 is 2.54 bits per heavy atom. The molecule has 1 atom stereocenters. The van der Waals surface area contributed by atoms with Gasteiger partial charge in [-0.2, -0.15) is 0 Å². The van der Waals surface area contributed by atoms with Crippen molar-refractivity contribution in [3.05, 3.63) is 68.0 Å². The number of nitrogens with zero attached hydrogens (tertiary/aromatic N) is 3. The molecule has 0 radical (unpaired) electrons. The maximum atomic E-state index is 12.8. The summed E-state index contributed by atoms with van der Waals surface area (Å²) in [4.78, 5) is 39.2. The summed E-state index contributed by atoms with van der Waals surface area (Å²) in [6.07, 6.45) is 1.83. The van der Waals surface area contributed by atoms with Crippen molar-refractivity contribution in [3.63, 3.8) is 0 Å². The van der Waals surface area contributed by atoms with Gasteiger partial charge in [0.25, 0.3) is 11.6 Å². The Morgan fingerprint density at radius 1 is 1.19 bits per heavy atom. The predicted molar refractivity (Wildman–Crippen MR) is 98.4 cm³/mol. The normalized spacial score (nSPS) is 19.3. The third-order valence-corrected chi connectivity index (χ3v) is 5.25. The zero-order chi connectivity index (χ0) is 18.8. The maximum absolute atomic E-state index is 12.8. The van der Waals surface area contributed by atoms with Gasteiger partial charge in [0, 0.05) is 26.6 Å². The summed E-state index contributed by atoms with van der Waals surface area (Å²) >= 11 is 1.15. The Bertz CT molecular complexity index is 891. The van der Waals surface area contributed by atoms with Gasteiger partial charge in [0.1, 0.15) is 16.6 Å². The van der Waals surface area contributed by atoms with Crippen LogP contribution in [0.4, 0.5) is 5.69 Å². The fourth-order valence-corrected chi connectivity index (χ4v) is 3.68. The predicted octanol–water partition coefficient (Wildman–Crippen LogP) is 2.54. The number of likely N-dealkylation sites (N-methyl/N-ethyl adjacent to an activating group) is 2.